The number of nitrogens with one attached hydrogen (secondary N) is 1. The minimum Gasteiger partial charge on any atom is -0.508 e. The van der Waals surface area contributed by atoms with Gasteiger partial charge < -0.3 is 20.1 Å². The molecule has 0 aliphatic carbocycles. The van der Waals surface area contributed by atoms with Gasteiger partial charge in [-0.25, -0.2) is 4.98 Å². The second-order valence-electron chi connectivity index (χ2n) is 10.3. The third-order valence-electron chi connectivity index (χ3n) is 6.47. The van der Waals surface area contributed by atoms with Crippen LogP contribution < -0.4 is 5.32 Å². The number of carboxylic acids is 1. The maximum absolute atomic E-state index is 11.6. The Morgan fingerprint density at radius 3 is 2.77 bits per heavy atom. The molecule has 0 amide bonds. The van der Waals surface area contributed by atoms with Crippen LogP contribution >= 0.6 is 0 Å². The van der Waals surface area contributed by atoms with Crippen molar-refractivity contribution >= 4 is 11.8 Å². The number of aromatic hydroxyl groups is 1. The molecule has 3 heterocycles. The Kier molecular flexibility index (Phi) is 7.38. The minimum absolute atomic E-state index is 0.0797. The third-order valence-corrected chi connectivity index (χ3v) is 6.47. The van der Waals surface area contributed by atoms with E-state index in [-0.39, 0.29) is 24.0 Å². The molecule has 1 aliphatic rings. The van der Waals surface area contributed by atoms with Crippen molar-refractivity contribution in [1.82, 2.24) is 15.1 Å². The Balaban J connectivity index is 1.41. The maximum atomic E-state index is 11.6. The Labute approximate surface area is 205 Å². The lowest BCUT2D eigenvalue weighted by Gasteiger charge is -2.22. The van der Waals surface area contributed by atoms with Crippen LogP contribution in [0.2, 0.25) is 0 Å². The first-order chi connectivity index (χ1) is 16.7. The van der Waals surface area contributed by atoms with Crippen LogP contribution in [-0.2, 0) is 35.9 Å². The number of aromatic nitrogens is 3. The van der Waals surface area contributed by atoms with E-state index in [4.69, 9.17) is 9.51 Å². The van der Waals surface area contributed by atoms with E-state index in [1.54, 1.807) is 6.07 Å². The normalized spacial score (nSPS) is 14.3. The number of anilines is 1. The molecule has 4 rings (SSSR count). The lowest BCUT2D eigenvalue weighted by Crippen LogP contribution is -2.14. The number of carbonyl (C=O) groups is 1. The highest BCUT2D eigenvalue weighted by atomic mass is 16.5. The number of phenolic OH excluding ortho intramolecular Hbond substituents is 1. The average Bonchev–Trinajstić information content (AvgIpc) is 3.25. The molecule has 3 N–H and O–H groups in total. The Morgan fingerprint density at radius 2 is 2.00 bits per heavy atom. The Hall–Kier alpha value is -3.42. The van der Waals surface area contributed by atoms with Crippen LogP contribution in [0.15, 0.2) is 34.9 Å². The van der Waals surface area contributed by atoms with Crippen LogP contribution in [0.4, 0.5) is 5.82 Å². The number of nitrogens with zero attached hydrogens (tertiary/aromatic N) is 3. The van der Waals surface area contributed by atoms with Gasteiger partial charge in [0.25, 0.3) is 0 Å². The van der Waals surface area contributed by atoms with Crippen LogP contribution in [-0.4, -0.2) is 37.9 Å². The van der Waals surface area contributed by atoms with Crippen molar-refractivity contribution in [2.24, 2.45) is 0 Å². The van der Waals surface area contributed by atoms with Crippen molar-refractivity contribution in [3.05, 3.63) is 64.4 Å². The fourth-order valence-electron chi connectivity index (χ4n) is 4.47. The van der Waals surface area contributed by atoms with Gasteiger partial charge in [-0.3, -0.25) is 4.79 Å². The monoisotopic (exact) mass is 478 g/mol. The molecule has 0 radical (unpaired) electrons. The smallest absolute Gasteiger partial charge is 0.303 e. The lowest BCUT2D eigenvalue weighted by atomic mass is 9.83. The Bertz CT molecular complexity index is 1180. The molecule has 2 aromatic heterocycles. The van der Waals surface area contributed by atoms with Crippen LogP contribution in [0.5, 0.6) is 5.75 Å². The zero-order valence-corrected chi connectivity index (χ0v) is 20.7. The summed E-state index contributed by atoms with van der Waals surface area (Å²) in [7, 11) is 0. The van der Waals surface area contributed by atoms with Crippen LogP contribution in [0.1, 0.15) is 80.1 Å². The molecule has 0 fully saturated rings. The summed E-state index contributed by atoms with van der Waals surface area (Å²) in [6.07, 6.45) is 4.61. The molecule has 0 bridgehead atoms. The van der Waals surface area contributed by atoms with E-state index in [2.05, 4.69) is 48.4 Å². The second-order valence-corrected chi connectivity index (χ2v) is 10.3. The van der Waals surface area contributed by atoms with Gasteiger partial charge in [-0.05, 0) is 59.9 Å². The molecule has 8 heteroatoms. The van der Waals surface area contributed by atoms with Gasteiger partial charge in [0, 0.05) is 31.0 Å². The number of pyridine rings is 1. The van der Waals surface area contributed by atoms with E-state index < -0.39 is 11.9 Å². The average molecular weight is 479 g/mol. The summed E-state index contributed by atoms with van der Waals surface area (Å²) in [5.74, 6) is 0.633. The largest absolute Gasteiger partial charge is 0.508 e. The predicted octanol–water partition coefficient (Wildman–Crippen LogP) is 4.80. The SMILES string of the molecule is CC(C)(C)c1ccc(O)c(C(CC(=O)O)Cc2nc(CCCc3ccc4c(n3)NCCC4)no2)c1. The molecule has 186 valence electrons. The summed E-state index contributed by atoms with van der Waals surface area (Å²) in [5.41, 5.74) is 3.80. The van der Waals surface area contributed by atoms with E-state index in [1.807, 2.05) is 12.1 Å². The van der Waals surface area contributed by atoms with E-state index in [9.17, 15) is 15.0 Å². The molecule has 1 aromatic carbocycles. The zero-order valence-electron chi connectivity index (χ0n) is 20.7. The summed E-state index contributed by atoms with van der Waals surface area (Å²) in [5, 5.41) is 27.4. The lowest BCUT2D eigenvalue weighted by molar-refractivity contribution is -0.137. The molecule has 0 spiro atoms. The van der Waals surface area contributed by atoms with Crippen LogP contribution in [0.3, 0.4) is 0 Å². The van der Waals surface area contributed by atoms with E-state index in [0.717, 1.165) is 49.3 Å². The number of rotatable bonds is 9. The van der Waals surface area contributed by atoms with Gasteiger partial charge in [0.2, 0.25) is 5.89 Å². The highest BCUT2D eigenvalue weighted by Crippen LogP contribution is 2.35. The molecule has 1 atom stereocenters. The fourth-order valence-corrected chi connectivity index (χ4v) is 4.47. The predicted molar refractivity (Wildman–Crippen MR) is 133 cm³/mol. The number of aliphatic carboxylic acids is 1. The van der Waals surface area contributed by atoms with Gasteiger partial charge in [0.05, 0.1) is 6.42 Å². The second kappa shape index (κ2) is 10.5. The topological polar surface area (TPSA) is 121 Å². The standard InChI is InChI=1S/C27H34N4O4/c1-27(2,3)19-10-12-22(32)21(16-19)18(15-25(33)34)14-24-30-23(31-35-24)8-4-7-20-11-9-17-6-5-13-28-26(17)29-20/h9-12,16,18,32H,4-8,13-15H2,1-3H3,(H,28,29)(H,33,34). The first-order valence-corrected chi connectivity index (χ1v) is 12.3. The molecule has 1 aliphatic heterocycles. The summed E-state index contributed by atoms with van der Waals surface area (Å²) in [6.45, 7) is 7.21. The quantitative estimate of drug-likeness (QED) is 0.401. The van der Waals surface area contributed by atoms with Crippen molar-refractivity contribution in [1.29, 1.82) is 0 Å². The molecular formula is C27H34N4O4. The third kappa shape index (κ3) is 6.38. The first kappa shape index (κ1) is 24.7. The number of hydrogen-bond donors (Lipinski definition) is 3. The fraction of sp³-hybridized carbons (Fsp3) is 0.481. The molecule has 35 heavy (non-hydrogen) atoms. The Morgan fingerprint density at radius 1 is 1.17 bits per heavy atom. The number of aryl methyl sites for hydroxylation is 3. The summed E-state index contributed by atoms with van der Waals surface area (Å²) < 4.78 is 5.45. The van der Waals surface area contributed by atoms with Crippen molar-refractivity contribution < 1.29 is 19.5 Å². The molecule has 0 saturated heterocycles. The number of hydrogen-bond acceptors (Lipinski definition) is 7. The number of fused-ring (bicyclic) bond motifs is 1. The zero-order chi connectivity index (χ0) is 25.0. The molecule has 1 unspecified atom stereocenters. The van der Waals surface area contributed by atoms with E-state index in [1.165, 1.54) is 5.56 Å². The number of carboxylic acid groups (broad SMARTS) is 1. The summed E-state index contributed by atoms with van der Waals surface area (Å²) in [4.78, 5) is 20.8. The number of benzene rings is 1. The van der Waals surface area contributed by atoms with Gasteiger partial charge in [-0.2, -0.15) is 4.98 Å². The minimum atomic E-state index is -0.942. The van der Waals surface area contributed by atoms with Crippen LogP contribution in [0, 0.1) is 0 Å². The highest BCUT2D eigenvalue weighted by Gasteiger charge is 2.25. The maximum Gasteiger partial charge on any atom is 0.303 e. The molecule has 0 saturated carbocycles. The van der Waals surface area contributed by atoms with E-state index >= 15 is 0 Å². The van der Waals surface area contributed by atoms with Gasteiger partial charge >= 0.3 is 5.97 Å². The van der Waals surface area contributed by atoms with Crippen LogP contribution in [0.25, 0.3) is 0 Å². The highest BCUT2D eigenvalue weighted by molar-refractivity contribution is 5.68. The van der Waals surface area contributed by atoms with Gasteiger partial charge in [-0.1, -0.05) is 44.1 Å². The molecule has 8 nitrogen and oxygen atoms in total. The van der Waals surface area contributed by atoms with Gasteiger partial charge in [0.1, 0.15) is 11.6 Å². The van der Waals surface area contributed by atoms with Gasteiger partial charge in [-0.15, -0.1) is 0 Å². The van der Waals surface area contributed by atoms with Crippen molar-refractivity contribution in [2.45, 2.75) is 77.0 Å². The van der Waals surface area contributed by atoms with Crippen molar-refractivity contribution in [3.63, 3.8) is 0 Å². The van der Waals surface area contributed by atoms with Crippen molar-refractivity contribution in [3.8, 4) is 5.75 Å². The number of phenols is 1. The van der Waals surface area contributed by atoms with Crippen molar-refractivity contribution in [2.75, 3.05) is 11.9 Å². The first-order valence-electron chi connectivity index (χ1n) is 12.3. The summed E-state index contributed by atoms with van der Waals surface area (Å²) >= 11 is 0. The molecular weight excluding hydrogens is 444 g/mol. The van der Waals surface area contributed by atoms with E-state index in [0.29, 0.717) is 23.7 Å². The molecule has 3 aromatic rings. The van der Waals surface area contributed by atoms with Gasteiger partial charge in [0.15, 0.2) is 5.82 Å². The summed E-state index contributed by atoms with van der Waals surface area (Å²) in [6, 6.07) is 9.63.